The number of nitrogens with zero attached hydrogens (tertiary/aromatic N) is 2. The monoisotopic (exact) mass is 688 g/mol. The Morgan fingerprint density at radius 2 is 0.833 bits per heavy atom. The normalized spacial score (nSPS) is 11.3. The van der Waals surface area contributed by atoms with E-state index < -0.39 is 0 Å². The maximum Gasteiger partial charge on any atom is 0.0547 e. The Labute approximate surface area is 315 Å². The molecule has 0 unspecified atom stereocenters. The van der Waals surface area contributed by atoms with Crippen molar-refractivity contribution in [3.63, 3.8) is 0 Å². The van der Waals surface area contributed by atoms with Gasteiger partial charge >= 0.3 is 0 Å². The van der Waals surface area contributed by atoms with Crippen molar-refractivity contribution < 1.29 is 0 Å². The molecule has 2 heteroatoms. The van der Waals surface area contributed by atoms with Crippen molar-refractivity contribution in [3.05, 3.63) is 218 Å². The van der Waals surface area contributed by atoms with Gasteiger partial charge in [-0.05, 0) is 105 Å². The molecular weight excluding hydrogens is 653 g/mol. The van der Waals surface area contributed by atoms with Crippen LogP contribution < -0.4 is 4.90 Å². The van der Waals surface area contributed by atoms with E-state index in [2.05, 4.69) is 228 Å². The van der Waals surface area contributed by atoms with E-state index in [0.29, 0.717) is 0 Å². The Hall–Kier alpha value is -7.16. The van der Waals surface area contributed by atoms with Crippen molar-refractivity contribution in [2.45, 2.75) is 0 Å². The van der Waals surface area contributed by atoms with Crippen molar-refractivity contribution >= 4 is 49.6 Å². The van der Waals surface area contributed by atoms with Gasteiger partial charge in [-0.15, -0.1) is 0 Å². The van der Waals surface area contributed by atoms with E-state index in [0.717, 1.165) is 22.7 Å². The zero-order chi connectivity index (χ0) is 35.8. The zero-order valence-electron chi connectivity index (χ0n) is 29.7. The molecule has 0 saturated heterocycles. The molecule has 0 bridgehead atoms. The molecule has 9 aromatic carbocycles. The molecule has 10 aromatic rings. The van der Waals surface area contributed by atoms with Crippen LogP contribution in [0.5, 0.6) is 0 Å². The summed E-state index contributed by atoms with van der Waals surface area (Å²) in [5.74, 6) is 0. The average Bonchev–Trinajstić information content (AvgIpc) is 3.60. The van der Waals surface area contributed by atoms with Gasteiger partial charge in [0.15, 0.2) is 0 Å². The molecule has 1 heterocycles. The third-order valence-electron chi connectivity index (χ3n) is 10.6. The van der Waals surface area contributed by atoms with Gasteiger partial charge in [0.1, 0.15) is 0 Å². The molecule has 10 rings (SSSR count). The van der Waals surface area contributed by atoms with E-state index >= 15 is 0 Å². The second-order valence-corrected chi connectivity index (χ2v) is 13.7. The van der Waals surface area contributed by atoms with Crippen LogP contribution in [0.3, 0.4) is 0 Å². The van der Waals surface area contributed by atoms with Crippen LogP contribution in [0, 0.1) is 0 Å². The van der Waals surface area contributed by atoms with Crippen LogP contribution in [0.2, 0.25) is 0 Å². The maximum absolute atomic E-state index is 2.43. The van der Waals surface area contributed by atoms with E-state index in [-0.39, 0.29) is 0 Å². The lowest BCUT2D eigenvalue weighted by atomic mass is 9.90. The van der Waals surface area contributed by atoms with Crippen molar-refractivity contribution in [1.82, 2.24) is 4.57 Å². The molecule has 0 N–H and O–H groups in total. The molecule has 254 valence electrons. The van der Waals surface area contributed by atoms with Gasteiger partial charge in [0.05, 0.1) is 11.0 Å². The van der Waals surface area contributed by atoms with Crippen molar-refractivity contribution in [2.24, 2.45) is 0 Å². The highest BCUT2D eigenvalue weighted by atomic mass is 15.1. The molecule has 54 heavy (non-hydrogen) atoms. The number of fused-ring (bicyclic) bond motifs is 5. The Morgan fingerprint density at radius 1 is 0.296 bits per heavy atom. The minimum Gasteiger partial charge on any atom is -0.311 e. The molecular formula is C52H36N2. The molecule has 2 nitrogen and oxygen atoms in total. The van der Waals surface area contributed by atoms with Gasteiger partial charge in [0.25, 0.3) is 0 Å². The first-order valence-corrected chi connectivity index (χ1v) is 18.5. The summed E-state index contributed by atoms with van der Waals surface area (Å²) in [6.45, 7) is 0. The molecule has 0 aliphatic carbocycles. The minimum absolute atomic E-state index is 1.10. The first-order valence-electron chi connectivity index (χ1n) is 18.5. The van der Waals surface area contributed by atoms with Crippen LogP contribution in [0.1, 0.15) is 0 Å². The fourth-order valence-electron chi connectivity index (χ4n) is 8.14. The van der Waals surface area contributed by atoms with E-state index in [1.165, 1.54) is 66.0 Å². The lowest BCUT2D eigenvalue weighted by molar-refractivity contribution is 1.17. The number of hydrogen-bond donors (Lipinski definition) is 0. The summed E-state index contributed by atoms with van der Waals surface area (Å²) in [5, 5.41) is 5.03. The summed E-state index contributed by atoms with van der Waals surface area (Å²) in [7, 11) is 0. The largest absolute Gasteiger partial charge is 0.311 e. The van der Waals surface area contributed by atoms with E-state index in [4.69, 9.17) is 0 Å². The van der Waals surface area contributed by atoms with Crippen LogP contribution in [0.15, 0.2) is 218 Å². The first kappa shape index (κ1) is 31.6. The molecule has 1 aromatic heterocycles. The fraction of sp³-hybridized carbons (Fsp3) is 0. The molecule has 0 aliphatic rings. The molecule has 0 atom stereocenters. The summed E-state index contributed by atoms with van der Waals surface area (Å²) in [6.07, 6.45) is 0. The van der Waals surface area contributed by atoms with Crippen molar-refractivity contribution in [3.8, 4) is 39.1 Å². The van der Waals surface area contributed by atoms with Gasteiger partial charge in [-0.3, -0.25) is 0 Å². The lowest BCUT2D eigenvalue weighted by Gasteiger charge is -2.26. The number of rotatable bonds is 7. The molecule has 0 spiro atoms. The highest BCUT2D eigenvalue weighted by molar-refractivity contribution is 6.25. The van der Waals surface area contributed by atoms with E-state index in [9.17, 15) is 0 Å². The summed E-state index contributed by atoms with van der Waals surface area (Å²) in [6, 6.07) is 78.7. The highest BCUT2D eigenvalue weighted by Crippen LogP contribution is 2.44. The van der Waals surface area contributed by atoms with Crippen molar-refractivity contribution in [2.75, 3.05) is 4.90 Å². The van der Waals surface area contributed by atoms with E-state index in [1.807, 2.05) is 0 Å². The topological polar surface area (TPSA) is 8.17 Å². The third-order valence-corrected chi connectivity index (χ3v) is 10.6. The number of anilines is 3. The van der Waals surface area contributed by atoms with Gasteiger partial charge in [-0.2, -0.15) is 0 Å². The van der Waals surface area contributed by atoms with Gasteiger partial charge in [-0.25, -0.2) is 0 Å². The number of aromatic nitrogens is 1. The third kappa shape index (κ3) is 5.44. The fourth-order valence-corrected chi connectivity index (χ4v) is 8.14. The predicted molar refractivity (Wildman–Crippen MR) is 229 cm³/mol. The summed E-state index contributed by atoms with van der Waals surface area (Å²) >= 11 is 0. The minimum atomic E-state index is 1.10. The standard InChI is InChI=1S/C52H36N2/c1-4-15-37(16-5-1)38-27-30-42(31-28-38)53(41-20-8-3-9-21-41)43-32-34-44(35-33-43)54-49-26-13-12-24-48(49)52-50(54)36-29-40-19-14-25-47(51(40)52)46-23-11-10-22-45(46)39-17-6-2-7-18-39/h1-36H. The second-order valence-electron chi connectivity index (χ2n) is 13.7. The summed E-state index contributed by atoms with van der Waals surface area (Å²) < 4.78 is 2.43. The molecule has 0 aliphatic heterocycles. The van der Waals surface area contributed by atoms with Crippen LogP contribution >= 0.6 is 0 Å². The molecule has 0 saturated carbocycles. The quantitative estimate of drug-likeness (QED) is 0.162. The molecule has 0 radical (unpaired) electrons. The second kappa shape index (κ2) is 13.4. The maximum atomic E-state index is 2.43. The van der Waals surface area contributed by atoms with Gasteiger partial charge in [0.2, 0.25) is 0 Å². The Balaban J connectivity index is 1.12. The van der Waals surface area contributed by atoms with Gasteiger partial charge in [-0.1, -0.05) is 158 Å². The van der Waals surface area contributed by atoms with Crippen LogP contribution in [0.25, 0.3) is 71.6 Å². The lowest BCUT2D eigenvalue weighted by Crippen LogP contribution is -2.10. The Morgan fingerprint density at radius 3 is 1.56 bits per heavy atom. The van der Waals surface area contributed by atoms with Crippen LogP contribution in [-0.4, -0.2) is 4.57 Å². The number of para-hydroxylation sites is 2. The van der Waals surface area contributed by atoms with Gasteiger partial charge in [0, 0.05) is 33.5 Å². The van der Waals surface area contributed by atoms with Crippen molar-refractivity contribution in [1.29, 1.82) is 0 Å². The van der Waals surface area contributed by atoms with E-state index in [1.54, 1.807) is 0 Å². The predicted octanol–water partition coefficient (Wildman–Crippen LogP) is 14.4. The number of benzene rings is 9. The van der Waals surface area contributed by atoms with Crippen LogP contribution in [-0.2, 0) is 0 Å². The smallest absolute Gasteiger partial charge is 0.0547 e. The Bertz CT molecular complexity index is 2890. The molecule has 0 amide bonds. The zero-order valence-corrected chi connectivity index (χ0v) is 29.7. The highest BCUT2D eigenvalue weighted by Gasteiger charge is 2.19. The van der Waals surface area contributed by atoms with Crippen LogP contribution in [0.4, 0.5) is 17.1 Å². The summed E-state index contributed by atoms with van der Waals surface area (Å²) in [4.78, 5) is 2.33. The first-order chi connectivity index (χ1) is 26.8. The number of hydrogen-bond acceptors (Lipinski definition) is 1. The SMILES string of the molecule is c1ccc(-c2ccc(N(c3ccccc3)c3ccc(-n4c5ccccc5c5c6c(-c7ccccc7-c7ccccc7)cccc6ccc54)cc3)cc2)cc1. The summed E-state index contributed by atoms with van der Waals surface area (Å²) in [5.41, 5.74) is 14.2. The average molecular weight is 689 g/mol. The molecule has 0 fully saturated rings. The van der Waals surface area contributed by atoms with Gasteiger partial charge < -0.3 is 9.47 Å². The Kier molecular flexibility index (Phi) is 7.85.